The Morgan fingerprint density at radius 2 is 1.83 bits per heavy atom. The van der Waals surface area contributed by atoms with E-state index in [2.05, 4.69) is 10.3 Å². The molecule has 0 unspecified atom stereocenters. The molecule has 0 heterocycles. The minimum Gasteiger partial charge on any atom is -0.465 e. The molecular weight excluding hydrogens is 470 g/mol. The Kier molecular flexibility index (Phi) is 9.56. The van der Waals surface area contributed by atoms with E-state index >= 15 is 0 Å². The van der Waals surface area contributed by atoms with Gasteiger partial charge in [0.15, 0.2) is 11.5 Å². The van der Waals surface area contributed by atoms with Crippen molar-refractivity contribution in [3.8, 4) is 0 Å². The maximum atomic E-state index is 13.3. The number of anilines is 2. The fourth-order valence-corrected chi connectivity index (χ4v) is 3.44. The maximum absolute atomic E-state index is 13.3. The van der Waals surface area contributed by atoms with Crippen LogP contribution in [0.15, 0.2) is 41.4 Å². The number of nitrogens with one attached hydrogen (secondary N) is 1. The Bertz CT molecular complexity index is 1140. The van der Waals surface area contributed by atoms with E-state index in [0.29, 0.717) is 18.8 Å². The molecule has 2 aromatic carbocycles. The Morgan fingerprint density at radius 1 is 1.14 bits per heavy atom. The number of aliphatic imine (C=N–C) groups is 1. The number of esters is 1. The zero-order valence-corrected chi connectivity index (χ0v) is 21.7. The lowest BCUT2D eigenvalue weighted by molar-refractivity contribution is -0.121. The van der Waals surface area contributed by atoms with E-state index in [9.17, 15) is 19.5 Å². The molecule has 2 N–H and O–H groups in total. The summed E-state index contributed by atoms with van der Waals surface area (Å²) in [4.78, 5) is 44.8. The lowest BCUT2D eigenvalue weighted by Crippen LogP contribution is -2.37. The van der Waals surface area contributed by atoms with Gasteiger partial charge in [0.2, 0.25) is 0 Å². The van der Waals surface area contributed by atoms with Crippen molar-refractivity contribution < 1.29 is 24.2 Å². The van der Waals surface area contributed by atoms with Gasteiger partial charge in [0, 0.05) is 24.2 Å². The zero-order chi connectivity index (χ0) is 26.3. The van der Waals surface area contributed by atoms with Gasteiger partial charge < -0.3 is 20.1 Å². The number of halogens is 1. The first kappa shape index (κ1) is 28.0. The van der Waals surface area contributed by atoms with Crippen LogP contribution in [0.25, 0.3) is 0 Å². The van der Waals surface area contributed by atoms with Crippen LogP contribution in [0.1, 0.15) is 43.6 Å². The smallest absolute Gasteiger partial charge is 0.337 e. The SMILES string of the molecule is CCN(CCO)c1ccc(N=C(C(=O)Nc2cc(C(=O)OC)ccc2Cl)C(=O)C(C)(C)C)c(C)c1. The van der Waals surface area contributed by atoms with E-state index in [4.69, 9.17) is 16.3 Å². The summed E-state index contributed by atoms with van der Waals surface area (Å²) in [5.74, 6) is -1.78. The minimum absolute atomic E-state index is 0.0247. The second-order valence-corrected chi connectivity index (χ2v) is 9.36. The molecule has 8 nitrogen and oxygen atoms in total. The van der Waals surface area contributed by atoms with Crippen LogP contribution in [-0.2, 0) is 14.3 Å². The summed E-state index contributed by atoms with van der Waals surface area (Å²) in [6.45, 7) is 10.2. The van der Waals surface area contributed by atoms with Crippen LogP contribution in [-0.4, -0.2) is 55.3 Å². The summed E-state index contributed by atoms with van der Waals surface area (Å²) >= 11 is 6.22. The molecule has 0 aliphatic carbocycles. The predicted octanol–water partition coefficient (Wildman–Crippen LogP) is 4.58. The summed E-state index contributed by atoms with van der Waals surface area (Å²) in [6.07, 6.45) is 0. The molecule has 2 aromatic rings. The van der Waals surface area contributed by atoms with Gasteiger partial charge in [-0.05, 0) is 55.8 Å². The lowest BCUT2D eigenvalue weighted by atomic mass is 9.87. The van der Waals surface area contributed by atoms with E-state index in [1.165, 1.54) is 25.3 Å². The molecule has 2 rings (SSSR count). The van der Waals surface area contributed by atoms with Gasteiger partial charge in [-0.2, -0.15) is 0 Å². The van der Waals surface area contributed by atoms with Gasteiger partial charge in [-0.1, -0.05) is 32.4 Å². The molecule has 0 bridgehead atoms. The van der Waals surface area contributed by atoms with Gasteiger partial charge in [0.25, 0.3) is 5.91 Å². The molecule has 0 atom stereocenters. The number of carbonyl (C=O) groups is 3. The molecule has 188 valence electrons. The van der Waals surface area contributed by atoms with Crippen molar-refractivity contribution in [2.45, 2.75) is 34.6 Å². The minimum atomic E-state index is -0.873. The van der Waals surface area contributed by atoms with Crippen LogP contribution >= 0.6 is 11.6 Å². The van der Waals surface area contributed by atoms with Gasteiger partial charge in [-0.3, -0.25) is 9.59 Å². The summed E-state index contributed by atoms with van der Waals surface area (Å²) in [6, 6.07) is 9.77. The summed E-state index contributed by atoms with van der Waals surface area (Å²) < 4.78 is 4.72. The first-order valence-electron chi connectivity index (χ1n) is 11.2. The second-order valence-electron chi connectivity index (χ2n) is 8.95. The highest BCUT2D eigenvalue weighted by molar-refractivity contribution is 6.68. The van der Waals surface area contributed by atoms with Crippen LogP contribution in [0.2, 0.25) is 5.02 Å². The lowest BCUT2D eigenvalue weighted by Gasteiger charge is -2.23. The van der Waals surface area contributed by atoms with Crippen LogP contribution in [0, 0.1) is 12.3 Å². The normalized spacial score (nSPS) is 11.7. The molecule has 0 radical (unpaired) electrons. The Labute approximate surface area is 210 Å². The fourth-order valence-electron chi connectivity index (χ4n) is 3.28. The van der Waals surface area contributed by atoms with E-state index in [1.54, 1.807) is 26.8 Å². The number of Topliss-reactive ketones (excluding diaryl/α,β-unsaturated/α-hetero) is 1. The summed E-state index contributed by atoms with van der Waals surface area (Å²) in [7, 11) is 1.25. The average Bonchev–Trinajstić information content (AvgIpc) is 2.81. The van der Waals surface area contributed by atoms with E-state index in [-0.39, 0.29) is 28.6 Å². The van der Waals surface area contributed by atoms with Gasteiger partial charge in [0.05, 0.1) is 35.7 Å². The van der Waals surface area contributed by atoms with Crippen LogP contribution in [0.3, 0.4) is 0 Å². The molecule has 1 amide bonds. The summed E-state index contributed by atoms with van der Waals surface area (Å²) in [5.41, 5.74) is 1.32. The van der Waals surface area contributed by atoms with Crippen LogP contribution in [0.5, 0.6) is 0 Å². The average molecular weight is 502 g/mol. The van der Waals surface area contributed by atoms with Crippen molar-refractivity contribution in [2.24, 2.45) is 10.4 Å². The number of hydrogen-bond donors (Lipinski definition) is 2. The Hall–Kier alpha value is -3.23. The number of carbonyl (C=O) groups excluding carboxylic acids is 3. The number of aliphatic hydroxyl groups is 1. The largest absolute Gasteiger partial charge is 0.465 e. The molecule has 0 spiro atoms. The quantitative estimate of drug-likeness (QED) is 0.296. The number of benzene rings is 2. The number of ether oxygens (including phenoxy) is 1. The number of nitrogens with zero attached hydrogens (tertiary/aromatic N) is 2. The molecular formula is C26H32ClN3O5. The first-order chi connectivity index (χ1) is 16.4. The monoisotopic (exact) mass is 501 g/mol. The van der Waals surface area contributed by atoms with Crippen molar-refractivity contribution in [1.82, 2.24) is 0 Å². The maximum Gasteiger partial charge on any atom is 0.337 e. The van der Waals surface area contributed by atoms with Crippen LogP contribution in [0.4, 0.5) is 17.1 Å². The Morgan fingerprint density at radius 3 is 2.37 bits per heavy atom. The Balaban J connectivity index is 2.50. The highest BCUT2D eigenvalue weighted by Gasteiger charge is 2.31. The number of amides is 1. The van der Waals surface area contributed by atoms with Crippen molar-refractivity contribution in [3.05, 3.63) is 52.5 Å². The number of aliphatic hydroxyl groups excluding tert-OH is 1. The standard InChI is InChI=1S/C26H32ClN3O5/c1-7-30(12-13-31)18-9-11-20(16(2)14-18)28-22(23(32)26(3,4)5)24(33)29-21-15-17(25(34)35-6)8-10-19(21)27/h8-11,14-15,31H,7,12-13H2,1-6H3,(H,29,33). The molecule has 0 aliphatic heterocycles. The van der Waals surface area contributed by atoms with E-state index in [1.807, 2.05) is 30.9 Å². The topological polar surface area (TPSA) is 108 Å². The second kappa shape index (κ2) is 12.0. The molecule has 0 aromatic heterocycles. The zero-order valence-electron chi connectivity index (χ0n) is 20.9. The van der Waals surface area contributed by atoms with Gasteiger partial charge >= 0.3 is 5.97 Å². The number of hydrogen-bond acceptors (Lipinski definition) is 7. The number of aryl methyl sites for hydroxylation is 1. The molecule has 35 heavy (non-hydrogen) atoms. The van der Waals surface area contributed by atoms with Crippen molar-refractivity contribution in [2.75, 3.05) is 37.0 Å². The molecule has 0 saturated heterocycles. The number of likely N-dealkylation sites (N-methyl/N-ethyl adjacent to an activating group) is 1. The third-order valence-corrected chi connectivity index (χ3v) is 5.61. The fraction of sp³-hybridized carbons (Fsp3) is 0.385. The molecule has 9 heteroatoms. The highest BCUT2D eigenvalue weighted by atomic mass is 35.5. The predicted molar refractivity (Wildman–Crippen MR) is 139 cm³/mol. The number of rotatable bonds is 9. The van der Waals surface area contributed by atoms with E-state index in [0.717, 1.165) is 11.3 Å². The number of methoxy groups -OCH3 is 1. The van der Waals surface area contributed by atoms with Crippen molar-refractivity contribution >= 4 is 52.0 Å². The van der Waals surface area contributed by atoms with Crippen molar-refractivity contribution in [1.29, 1.82) is 0 Å². The third-order valence-electron chi connectivity index (χ3n) is 5.28. The van der Waals surface area contributed by atoms with Gasteiger partial charge in [0.1, 0.15) is 0 Å². The van der Waals surface area contributed by atoms with Crippen LogP contribution < -0.4 is 10.2 Å². The molecule has 0 saturated carbocycles. The van der Waals surface area contributed by atoms with Gasteiger partial charge in [-0.15, -0.1) is 0 Å². The van der Waals surface area contributed by atoms with Crippen molar-refractivity contribution in [3.63, 3.8) is 0 Å². The number of ketones is 1. The van der Waals surface area contributed by atoms with Gasteiger partial charge in [-0.25, -0.2) is 9.79 Å². The molecule has 0 aliphatic rings. The van der Waals surface area contributed by atoms with E-state index < -0.39 is 23.1 Å². The highest BCUT2D eigenvalue weighted by Crippen LogP contribution is 2.28. The molecule has 0 fully saturated rings. The first-order valence-corrected chi connectivity index (χ1v) is 11.6. The summed E-state index contributed by atoms with van der Waals surface area (Å²) in [5, 5.41) is 12.1. The third kappa shape index (κ3) is 7.13.